The first-order valence-corrected chi connectivity index (χ1v) is 6.43. The SMILES string of the molecule is CCOC(=O)Nc1ccc2c(c1)nc(C(C)C)n2C. The number of benzene rings is 1. The molecule has 1 heterocycles. The quantitative estimate of drug-likeness (QED) is 0.922. The fraction of sp³-hybridized carbons (Fsp3) is 0.429. The highest BCUT2D eigenvalue weighted by Crippen LogP contribution is 2.23. The van der Waals surface area contributed by atoms with Crippen molar-refractivity contribution in [1.82, 2.24) is 9.55 Å². The Morgan fingerprint density at radius 3 is 2.84 bits per heavy atom. The van der Waals surface area contributed by atoms with Gasteiger partial charge in [0.1, 0.15) is 5.82 Å². The van der Waals surface area contributed by atoms with Gasteiger partial charge in [0.15, 0.2) is 0 Å². The normalized spacial score (nSPS) is 11.0. The van der Waals surface area contributed by atoms with Crippen LogP contribution in [-0.4, -0.2) is 22.3 Å². The second-order valence-electron chi connectivity index (χ2n) is 4.73. The fourth-order valence-corrected chi connectivity index (χ4v) is 2.10. The molecular formula is C14H19N3O2. The van der Waals surface area contributed by atoms with Crippen molar-refractivity contribution in [3.8, 4) is 0 Å². The highest BCUT2D eigenvalue weighted by Gasteiger charge is 2.11. The van der Waals surface area contributed by atoms with E-state index in [1.54, 1.807) is 6.92 Å². The molecule has 1 aromatic heterocycles. The molecule has 0 unspecified atom stereocenters. The number of rotatable bonds is 3. The predicted octanol–water partition coefficient (Wildman–Crippen LogP) is 3.27. The second kappa shape index (κ2) is 5.30. The van der Waals surface area contributed by atoms with E-state index in [2.05, 4.69) is 28.7 Å². The molecule has 102 valence electrons. The molecule has 5 heteroatoms. The lowest BCUT2D eigenvalue weighted by molar-refractivity contribution is 0.168. The summed E-state index contributed by atoms with van der Waals surface area (Å²) >= 11 is 0. The van der Waals surface area contributed by atoms with Crippen LogP contribution in [0.4, 0.5) is 10.5 Å². The summed E-state index contributed by atoms with van der Waals surface area (Å²) in [5.41, 5.74) is 2.62. The summed E-state index contributed by atoms with van der Waals surface area (Å²) in [6, 6.07) is 5.67. The lowest BCUT2D eigenvalue weighted by atomic mass is 10.2. The number of anilines is 1. The van der Waals surface area contributed by atoms with Gasteiger partial charge in [-0.2, -0.15) is 0 Å². The van der Waals surface area contributed by atoms with Crippen LogP contribution in [0.3, 0.4) is 0 Å². The lowest BCUT2D eigenvalue weighted by Crippen LogP contribution is -2.13. The van der Waals surface area contributed by atoms with Crippen LogP contribution in [-0.2, 0) is 11.8 Å². The summed E-state index contributed by atoms with van der Waals surface area (Å²) in [7, 11) is 2.00. The minimum Gasteiger partial charge on any atom is -0.450 e. The summed E-state index contributed by atoms with van der Waals surface area (Å²) in [4.78, 5) is 16.0. The van der Waals surface area contributed by atoms with Crippen LogP contribution < -0.4 is 5.32 Å². The molecule has 1 aromatic carbocycles. The van der Waals surface area contributed by atoms with Gasteiger partial charge in [-0.05, 0) is 25.1 Å². The van der Waals surface area contributed by atoms with Gasteiger partial charge in [0.05, 0.1) is 17.6 Å². The number of nitrogens with one attached hydrogen (secondary N) is 1. The Labute approximate surface area is 112 Å². The molecule has 0 saturated carbocycles. The van der Waals surface area contributed by atoms with Crippen LogP contribution in [0.1, 0.15) is 32.5 Å². The first-order valence-electron chi connectivity index (χ1n) is 6.43. The molecule has 0 atom stereocenters. The van der Waals surface area contributed by atoms with E-state index in [4.69, 9.17) is 4.74 Å². The molecule has 2 rings (SSSR count). The molecule has 19 heavy (non-hydrogen) atoms. The Balaban J connectivity index is 2.33. The first kappa shape index (κ1) is 13.4. The molecule has 0 radical (unpaired) electrons. The number of hydrogen-bond acceptors (Lipinski definition) is 3. The number of aryl methyl sites for hydroxylation is 1. The summed E-state index contributed by atoms with van der Waals surface area (Å²) in [5.74, 6) is 1.39. The van der Waals surface area contributed by atoms with Crippen LogP contribution in [0.2, 0.25) is 0 Å². The summed E-state index contributed by atoms with van der Waals surface area (Å²) < 4.78 is 6.93. The second-order valence-corrected chi connectivity index (χ2v) is 4.73. The molecule has 0 aliphatic rings. The van der Waals surface area contributed by atoms with Gasteiger partial charge in [0.25, 0.3) is 0 Å². The van der Waals surface area contributed by atoms with E-state index in [1.807, 2.05) is 25.2 Å². The van der Waals surface area contributed by atoms with Crippen molar-refractivity contribution in [1.29, 1.82) is 0 Å². The lowest BCUT2D eigenvalue weighted by Gasteiger charge is -2.05. The smallest absolute Gasteiger partial charge is 0.411 e. The number of aromatic nitrogens is 2. The number of carbonyl (C=O) groups is 1. The van der Waals surface area contributed by atoms with Gasteiger partial charge >= 0.3 is 6.09 Å². The van der Waals surface area contributed by atoms with Gasteiger partial charge in [0, 0.05) is 18.7 Å². The number of imidazole rings is 1. The highest BCUT2D eigenvalue weighted by atomic mass is 16.5. The van der Waals surface area contributed by atoms with E-state index in [0.29, 0.717) is 18.2 Å². The van der Waals surface area contributed by atoms with Crippen molar-refractivity contribution in [3.05, 3.63) is 24.0 Å². The third kappa shape index (κ3) is 2.70. The third-order valence-corrected chi connectivity index (χ3v) is 2.95. The number of amides is 1. The summed E-state index contributed by atoms with van der Waals surface area (Å²) in [6.45, 7) is 6.35. The van der Waals surface area contributed by atoms with E-state index in [-0.39, 0.29) is 0 Å². The maximum Gasteiger partial charge on any atom is 0.411 e. The van der Waals surface area contributed by atoms with Crippen LogP contribution in [0.25, 0.3) is 11.0 Å². The minimum atomic E-state index is -0.443. The maximum atomic E-state index is 11.4. The van der Waals surface area contributed by atoms with Crippen LogP contribution in [0.5, 0.6) is 0 Å². The number of nitrogens with zero attached hydrogens (tertiary/aromatic N) is 2. The Kier molecular flexibility index (Phi) is 3.74. The van der Waals surface area contributed by atoms with E-state index in [9.17, 15) is 4.79 Å². The fourth-order valence-electron chi connectivity index (χ4n) is 2.10. The molecule has 5 nitrogen and oxygen atoms in total. The molecule has 0 saturated heterocycles. The minimum absolute atomic E-state index is 0.356. The Bertz CT molecular complexity index is 602. The van der Waals surface area contributed by atoms with Gasteiger partial charge < -0.3 is 9.30 Å². The molecule has 0 aliphatic heterocycles. The number of carbonyl (C=O) groups excluding carboxylic acids is 1. The molecule has 2 aromatic rings. The number of fused-ring (bicyclic) bond motifs is 1. The van der Waals surface area contributed by atoms with E-state index in [0.717, 1.165) is 16.9 Å². The Morgan fingerprint density at radius 2 is 2.21 bits per heavy atom. The van der Waals surface area contributed by atoms with Gasteiger partial charge in [-0.25, -0.2) is 9.78 Å². The van der Waals surface area contributed by atoms with Crippen LogP contribution in [0.15, 0.2) is 18.2 Å². The molecule has 1 amide bonds. The number of hydrogen-bond donors (Lipinski definition) is 1. The van der Waals surface area contributed by atoms with Gasteiger partial charge in [-0.3, -0.25) is 5.32 Å². The predicted molar refractivity (Wildman–Crippen MR) is 75.4 cm³/mol. The van der Waals surface area contributed by atoms with Crippen LogP contribution in [0, 0.1) is 0 Å². The molecule has 0 aliphatic carbocycles. The van der Waals surface area contributed by atoms with Crippen molar-refractivity contribution in [2.75, 3.05) is 11.9 Å². The van der Waals surface area contributed by atoms with Crippen molar-refractivity contribution in [2.24, 2.45) is 7.05 Å². The average Bonchev–Trinajstić information content (AvgIpc) is 2.67. The maximum absolute atomic E-state index is 11.4. The van der Waals surface area contributed by atoms with Crippen molar-refractivity contribution >= 4 is 22.8 Å². The van der Waals surface area contributed by atoms with E-state index < -0.39 is 6.09 Å². The molecule has 0 spiro atoms. The van der Waals surface area contributed by atoms with E-state index >= 15 is 0 Å². The van der Waals surface area contributed by atoms with Gasteiger partial charge in [0.2, 0.25) is 0 Å². The first-order chi connectivity index (χ1) is 9.02. The Hall–Kier alpha value is -2.04. The zero-order valence-corrected chi connectivity index (χ0v) is 11.7. The molecule has 1 N–H and O–H groups in total. The summed E-state index contributed by atoms with van der Waals surface area (Å²) in [6.07, 6.45) is -0.443. The van der Waals surface area contributed by atoms with Gasteiger partial charge in [-0.15, -0.1) is 0 Å². The zero-order valence-electron chi connectivity index (χ0n) is 11.7. The molecule has 0 fully saturated rings. The van der Waals surface area contributed by atoms with Crippen molar-refractivity contribution in [2.45, 2.75) is 26.7 Å². The third-order valence-electron chi connectivity index (χ3n) is 2.95. The Morgan fingerprint density at radius 1 is 1.47 bits per heavy atom. The number of ether oxygens (including phenoxy) is 1. The monoisotopic (exact) mass is 261 g/mol. The van der Waals surface area contributed by atoms with Gasteiger partial charge in [-0.1, -0.05) is 13.8 Å². The van der Waals surface area contributed by atoms with Crippen molar-refractivity contribution in [3.63, 3.8) is 0 Å². The standard InChI is InChI=1S/C14H19N3O2/c1-5-19-14(18)15-10-6-7-12-11(8-10)16-13(9(2)3)17(12)4/h6-9H,5H2,1-4H3,(H,15,18). The largest absolute Gasteiger partial charge is 0.450 e. The molecule has 0 bridgehead atoms. The van der Waals surface area contributed by atoms with E-state index in [1.165, 1.54) is 0 Å². The zero-order chi connectivity index (χ0) is 14.0. The average molecular weight is 261 g/mol. The van der Waals surface area contributed by atoms with Crippen LogP contribution >= 0.6 is 0 Å². The highest BCUT2D eigenvalue weighted by molar-refractivity contribution is 5.88. The molecular weight excluding hydrogens is 242 g/mol. The summed E-state index contributed by atoms with van der Waals surface area (Å²) in [5, 5.41) is 2.68. The topological polar surface area (TPSA) is 56.1 Å². The van der Waals surface area contributed by atoms with Crippen molar-refractivity contribution < 1.29 is 9.53 Å².